The number of carbonyl (C=O) groups excluding carboxylic acids is 2. The number of hydrogen-bond donors (Lipinski definition) is 3. The number of quaternary nitrogens is 1. The van der Waals surface area contributed by atoms with Gasteiger partial charge in [0.1, 0.15) is 12.4 Å². The van der Waals surface area contributed by atoms with Crippen LogP contribution in [0, 0.1) is 5.82 Å². The van der Waals surface area contributed by atoms with Crippen LogP contribution in [0.25, 0.3) is 0 Å². The van der Waals surface area contributed by atoms with Crippen LogP contribution < -0.4 is 15.5 Å². The van der Waals surface area contributed by atoms with Gasteiger partial charge in [-0.3, -0.25) is 10.1 Å². The minimum absolute atomic E-state index is 0.0583. The molecule has 0 aliphatic heterocycles. The van der Waals surface area contributed by atoms with Gasteiger partial charge in [-0.25, -0.2) is 9.18 Å². The maximum atomic E-state index is 13.7. The predicted octanol–water partition coefficient (Wildman–Crippen LogP) is 1.26. The summed E-state index contributed by atoms with van der Waals surface area (Å²) in [5, 5.41) is 5.44. The molecule has 0 bridgehead atoms. The van der Waals surface area contributed by atoms with Crippen LogP contribution in [0.5, 0.6) is 0 Å². The van der Waals surface area contributed by atoms with Gasteiger partial charge in [0.2, 0.25) is 0 Å². The lowest BCUT2D eigenvalue weighted by molar-refractivity contribution is -0.885. The molecule has 3 N–H and O–H groups in total. The number of rotatable bonds is 5. The van der Waals surface area contributed by atoms with E-state index in [0.717, 1.165) is 30.6 Å². The Kier molecular flexibility index (Phi) is 6.36. The standard InChI is InChI=1S/C16H21ClFN3O2/c1-21(9-12-13(17)7-4-8-14(12)18)10-15(22)20-16(23)19-11-5-2-3-6-11/h4,7-8,11H,2-3,5-6,9-10H2,1H3,(H2,19,20,22,23)/p+1. The minimum atomic E-state index is -0.460. The maximum Gasteiger partial charge on any atom is 0.321 e. The van der Waals surface area contributed by atoms with Crippen LogP contribution in [0.15, 0.2) is 18.2 Å². The lowest BCUT2D eigenvalue weighted by atomic mass is 10.2. The van der Waals surface area contributed by atoms with Crippen molar-refractivity contribution >= 4 is 23.5 Å². The molecule has 1 unspecified atom stereocenters. The summed E-state index contributed by atoms with van der Waals surface area (Å²) < 4.78 is 13.7. The van der Waals surface area contributed by atoms with Gasteiger partial charge in [0, 0.05) is 6.04 Å². The van der Waals surface area contributed by atoms with Gasteiger partial charge in [-0.15, -0.1) is 0 Å². The van der Waals surface area contributed by atoms with E-state index in [9.17, 15) is 14.0 Å². The first-order valence-electron chi connectivity index (χ1n) is 7.80. The van der Waals surface area contributed by atoms with Gasteiger partial charge in [-0.1, -0.05) is 30.5 Å². The average Bonchev–Trinajstić information content (AvgIpc) is 2.95. The van der Waals surface area contributed by atoms with E-state index >= 15 is 0 Å². The average molecular weight is 343 g/mol. The molecule has 5 nitrogen and oxygen atoms in total. The van der Waals surface area contributed by atoms with E-state index < -0.39 is 17.8 Å². The molecular weight excluding hydrogens is 321 g/mol. The highest BCUT2D eigenvalue weighted by atomic mass is 35.5. The van der Waals surface area contributed by atoms with Crippen LogP contribution in [-0.4, -0.2) is 31.6 Å². The smallest absolute Gasteiger partial charge is 0.321 e. The lowest BCUT2D eigenvalue weighted by Gasteiger charge is -2.16. The Morgan fingerprint density at radius 1 is 1.35 bits per heavy atom. The van der Waals surface area contributed by atoms with Crippen LogP contribution >= 0.6 is 11.6 Å². The fraction of sp³-hybridized carbons (Fsp3) is 0.500. The molecule has 0 heterocycles. The van der Waals surface area contributed by atoms with E-state index in [4.69, 9.17) is 11.6 Å². The van der Waals surface area contributed by atoms with Crippen LogP contribution in [0.1, 0.15) is 31.2 Å². The van der Waals surface area contributed by atoms with E-state index in [1.807, 2.05) is 0 Å². The number of amides is 3. The molecule has 1 atom stereocenters. The first-order chi connectivity index (χ1) is 11.0. The highest BCUT2D eigenvalue weighted by Gasteiger charge is 2.20. The number of carbonyl (C=O) groups is 2. The van der Waals surface area contributed by atoms with Crippen molar-refractivity contribution in [3.05, 3.63) is 34.6 Å². The largest absolute Gasteiger partial charge is 0.335 e. The Balaban J connectivity index is 1.79. The van der Waals surface area contributed by atoms with E-state index in [1.165, 1.54) is 12.1 Å². The molecule has 1 saturated carbocycles. The van der Waals surface area contributed by atoms with Gasteiger partial charge in [0.05, 0.1) is 17.6 Å². The molecule has 1 fully saturated rings. The molecule has 1 aliphatic rings. The maximum absolute atomic E-state index is 13.7. The van der Waals surface area contributed by atoms with Gasteiger partial charge >= 0.3 is 6.03 Å². The van der Waals surface area contributed by atoms with Crippen molar-refractivity contribution in [2.24, 2.45) is 0 Å². The summed E-state index contributed by atoms with van der Waals surface area (Å²) in [7, 11) is 1.75. The number of hydrogen-bond acceptors (Lipinski definition) is 2. The van der Waals surface area contributed by atoms with Gasteiger partial charge in [0.25, 0.3) is 5.91 Å². The van der Waals surface area contributed by atoms with Gasteiger partial charge in [0.15, 0.2) is 6.54 Å². The molecule has 0 radical (unpaired) electrons. The first-order valence-corrected chi connectivity index (χ1v) is 8.18. The van der Waals surface area contributed by atoms with Crippen molar-refractivity contribution < 1.29 is 18.9 Å². The van der Waals surface area contributed by atoms with Crippen LogP contribution in [0.2, 0.25) is 5.02 Å². The summed E-state index contributed by atoms with van der Waals surface area (Å²) in [5.74, 6) is -0.790. The van der Waals surface area contributed by atoms with Gasteiger partial charge < -0.3 is 10.2 Å². The zero-order valence-electron chi connectivity index (χ0n) is 13.1. The van der Waals surface area contributed by atoms with Crippen molar-refractivity contribution in [3.63, 3.8) is 0 Å². The summed E-state index contributed by atoms with van der Waals surface area (Å²) >= 11 is 5.97. The van der Waals surface area contributed by atoms with Gasteiger partial charge in [-0.05, 0) is 25.0 Å². The number of likely N-dealkylation sites (N-methyl/N-ethyl adjacent to an activating group) is 1. The van der Waals surface area contributed by atoms with E-state index in [2.05, 4.69) is 10.6 Å². The molecule has 0 saturated heterocycles. The Morgan fingerprint density at radius 2 is 2.04 bits per heavy atom. The van der Waals surface area contributed by atoms with Crippen molar-refractivity contribution in [3.8, 4) is 0 Å². The van der Waals surface area contributed by atoms with E-state index in [-0.39, 0.29) is 19.1 Å². The zero-order chi connectivity index (χ0) is 16.8. The molecule has 126 valence electrons. The molecule has 2 rings (SSSR count). The molecule has 0 spiro atoms. The molecule has 7 heteroatoms. The Hall–Kier alpha value is -1.66. The minimum Gasteiger partial charge on any atom is -0.335 e. The molecule has 23 heavy (non-hydrogen) atoms. The quantitative estimate of drug-likeness (QED) is 0.754. The number of urea groups is 1. The fourth-order valence-corrected chi connectivity index (χ4v) is 3.03. The second kappa shape index (κ2) is 8.26. The molecule has 0 aromatic heterocycles. The molecule has 1 aliphatic carbocycles. The summed E-state index contributed by atoms with van der Waals surface area (Å²) in [6, 6.07) is 4.19. The number of halogens is 2. The van der Waals surface area contributed by atoms with Crippen LogP contribution in [0.4, 0.5) is 9.18 Å². The van der Waals surface area contributed by atoms with Crippen molar-refractivity contribution in [2.75, 3.05) is 13.6 Å². The molecule has 1 aromatic carbocycles. The second-order valence-corrected chi connectivity index (χ2v) is 6.42. The van der Waals surface area contributed by atoms with Crippen molar-refractivity contribution in [1.82, 2.24) is 10.6 Å². The summed E-state index contributed by atoms with van der Waals surface area (Å²) in [6.45, 7) is 0.325. The van der Waals surface area contributed by atoms with Crippen molar-refractivity contribution in [1.29, 1.82) is 0 Å². The van der Waals surface area contributed by atoms with Crippen molar-refractivity contribution in [2.45, 2.75) is 38.3 Å². The highest BCUT2D eigenvalue weighted by molar-refractivity contribution is 6.31. The van der Waals surface area contributed by atoms with Crippen LogP contribution in [0.3, 0.4) is 0 Å². The van der Waals surface area contributed by atoms with E-state index in [1.54, 1.807) is 13.1 Å². The predicted molar refractivity (Wildman–Crippen MR) is 85.8 cm³/mol. The monoisotopic (exact) mass is 342 g/mol. The third kappa shape index (κ3) is 5.48. The zero-order valence-corrected chi connectivity index (χ0v) is 13.9. The van der Waals surface area contributed by atoms with Crippen LogP contribution in [-0.2, 0) is 11.3 Å². The topological polar surface area (TPSA) is 62.6 Å². The second-order valence-electron chi connectivity index (χ2n) is 6.01. The Labute approximate surface area is 140 Å². The Morgan fingerprint density at radius 3 is 2.70 bits per heavy atom. The summed E-state index contributed by atoms with van der Waals surface area (Å²) in [4.78, 5) is 24.3. The molecule has 1 aromatic rings. The first kappa shape index (κ1) is 17.7. The summed E-state index contributed by atoms with van der Waals surface area (Å²) in [6.07, 6.45) is 4.13. The van der Waals surface area contributed by atoms with Gasteiger partial charge in [-0.2, -0.15) is 0 Å². The SMILES string of the molecule is C[NH+](CC(=O)NC(=O)NC1CCCC1)Cc1c(F)cccc1Cl. The fourth-order valence-electron chi connectivity index (χ4n) is 2.80. The number of imide groups is 1. The van der Waals surface area contributed by atoms with E-state index in [0.29, 0.717) is 10.6 Å². The third-order valence-electron chi connectivity index (χ3n) is 3.95. The lowest BCUT2D eigenvalue weighted by Crippen LogP contribution is -3.09. The Bertz CT molecular complexity index is 556. The summed E-state index contributed by atoms with van der Waals surface area (Å²) in [5.41, 5.74) is 0.370. The normalized spacial score (nSPS) is 16.1. The molecular formula is C16H22ClFN3O2+. The number of nitrogens with one attached hydrogen (secondary N) is 3. The number of benzene rings is 1. The highest BCUT2D eigenvalue weighted by Crippen LogP contribution is 2.18. The third-order valence-corrected chi connectivity index (χ3v) is 4.30. The molecule has 3 amide bonds.